The van der Waals surface area contributed by atoms with Crippen molar-refractivity contribution < 1.29 is 0 Å². The van der Waals surface area contributed by atoms with E-state index < -0.39 is 0 Å². The van der Waals surface area contributed by atoms with Gasteiger partial charge in [0.15, 0.2) is 0 Å². The molecule has 8 nitrogen and oxygen atoms in total. The van der Waals surface area contributed by atoms with E-state index in [2.05, 4.69) is 35.6 Å². The molecule has 0 saturated heterocycles. The monoisotopic (exact) mass is 253 g/mol. The summed E-state index contributed by atoms with van der Waals surface area (Å²) in [6.45, 7) is 0. The maximum absolute atomic E-state index is 12.5. The Morgan fingerprint density at radius 2 is 2.00 bits per heavy atom. The maximum Gasteiger partial charge on any atom is 0.210 e. The lowest BCUT2D eigenvalue weighted by Crippen LogP contribution is -2.08. The minimum absolute atomic E-state index is 0.173. The van der Waals surface area contributed by atoms with Crippen molar-refractivity contribution in [3.63, 3.8) is 0 Å². The quantitative estimate of drug-likeness (QED) is 0.459. The molecule has 0 spiro atoms. The first-order valence-corrected chi connectivity index (χ1v) is 5.56. The van der Waals surface area contributed by atoms with Gasteiger partial charge < -0.3 is 9.97 Å². The number of imidazole rings is 1. The van der Waals surface area contributed by atoms with Gasteiger partial charge >= 0.3 is 0 Å². The first kappa shape index (κ1) is 9.95. The van der Waals surface area contributed by atoms with Gasteiger partial charge in [0.2, 0.25) is 11.3 Å². The summed E-state index contributed by atoms with van der Waals surface area (Å²) in [5, 5.41) is 14.0. The van der Waals surface area contributed by atoms with Crippen LogP contribution in [0.1, 0.15) is 0 Å². The molecule has 0 unspecified atom stereocenters. The number of rotatable bonds is 1. The van der Waals surface area contributed by atoms with Crippen molar-refractivity contribution in [3.05, 3.63) is 34.9 Å². The summed E-state index contributed by atoms with van der Waals surface area (Å²) >= 11 is 0. The number of aromatic nitrogens is 7. The summed E-state index contributed by atoms with van der Waals surface area (Å²) < 4.78 is 0. The first-order valence-electron chi connectivity index (χ1n) is 5.56. The van der Waals surface area contributed by atoms with E-state index in [0.29, 0.717) is 16.5 Å². The molecule has 3 N–H and O–H groups in total. The number of hydrogen-bond donors (Lipinski definition) is 3. The lowest BCUT2D eigenvalue weighted by molar-refractivity contribution is 0.881. The molecule has 3 aromatic heterocycles. The molecule has 0 saturated carbocycles. The summed E-state index contributed by atoms with van der Waals surface area (Å²) in [7, 11) is 0. The standard InChI is InChI=1S/C11H7N7O/c19-10-5(11-15-17-18-16-11)3-12-6-1-2-7-9(8(6)10)14-4-13-7/h1-4H,(H,12,19)(H,13,14)(H,15,16,17,18). The Morgan fingerprint density at radius 1 is 1.11 bits per heavy atom. The number of nitrogens with one attached hydrogen (secondary N) is 3. The van der Waals surface area contributed by atoms with Crippen molar-refractivity contribution in [2.45, 2.75) is 0 Å². The summed E-state index contributed by atoms with van der Waals surface area (Å²) in [5.41, 5.74) is 2.34. The van der Waals surface area contributed by atoms with Crippen molar-refractivity contribution in [1.82, 2.24) is 35.6 Å². The predicted octanol–water partition coefficient (Wildman–Crippen LogP) is 0.584. The van der Waals surface area contributed by atoms with Gasteiger partial charge in [0.25, 0.3) is 0 Å². The fraction of sp³-hybridized carbons (Fsp3) is 0. The van der Waals surface area contributed by atoms with E-state index in [1.165, 1.54) is 0 Å². The minimum atomic E-state index is -0.173. The van der Waals surface area contributed by atoms with Gasteiger partial charge in [-0.15, -0.1) is 10.2 Å². The van der Waals surface area contributed by atoms with Gasteiger partial charge in [0.05, 0.1) is 28.3 Å². The number of H-pyrrole nitrogens is 3. The lowest BCUT2D eigenvalue weighted by atomic mass is 10.1. The van der Waals surface area contributed by atoms with Gasteiger partial charge in [0, 0.05) is 6.20 Å². The molecule has 1 aromatic carbocycles. The number of hydrogen-bond acceptors (Lipinski definition) is 5. The highest BCUT2D eigenvalue weighted by Crippen LogP contribution is 2.20. The zero-order valence-corrected chi connectivity index (χ0v) is 9.51. The van der Waals surface area contributed by atoms with Crippen LogP contribution in [-0.4, -0.2) is 35.6 Å². The molecule has 0 aliphatic carbocycles. The average molecular weight is 253 g/mol. The van der Waals surface area contributed by atoms with E-state index >= 15 is 0 Å². The van der Waals surface area contributed by atoms with Gasteiger partial charge in [-0.1, -0.05) is 0 Å². The molecule has 4 aromatic rings. The number of aromatic amines is 3. The maximum atomic E-state index is 12.5. The number of fused-ring (bicyclic) bond motifs is 3. The third-order valence-corrected chi connectivity index (χ3v) is 3.02. The molecule has 0 bridgehead atoms. The van der Waals surface area contributed by atoms with Crippen molar-refractivity contribution in [2.75, 3.05) is 0 Å². The Labute approximate surface area is 104 Å². The molecule has 0 amide bonds. The Balaban J connectivity index is 2.20. The van der Waals surface area contributed by atoms with Crippen LogP contribution in [0.25, 0.3) is 33.3 Å². The molecule has 3 heterocycles. The second-order valence-corrected chi connectivity index (χ2v) is 4.05. The third-order valence-electron chi connectivity index (χ3n) is 3.02. The molecule has 8 heteroatoms. The van der Waals surface area contributed by atoms with Crippen molar-refractivity contribution >= 4 is 21.9 Å². The zero-order chi connectivity index (χ0) is 12.8. The Bertz CT molecular complexity index is 935. The van der Waals surface area contributed by atoms with Crippen molar-refractivity contribution in [2.24, 2.45) is 0 Å². The predicted molar refractivity (Wildman–Crippen MR) is 67.4 cm³/mol. The zero-order valence-electron chi connectivity index (χ0n) is 9.51. The average Bonchev–Trinajstić information content (AvgIpc) is 3.09. The fourth-order valence-electron chi connectivity index (χ4n) is 2.15. The largest absolute Gasteiger partial charge is 0.360 e. The normalized spacial score (nSPS) is 11.4. The summed E-state index contributed by atoms with van der Waals surface area (Å²) in [4.78, 5) is 22.8. The number of tetrazole rings is 1. The van der Waals surface area contributed by atoms with E-state index in [-0.39, 0.29) is 11.3 Å². The highest BCUT2D eigenvalue weighted by molar-refractivity contribution is 6.03. The van der Waals surface area contributed by atoms with Crippen LogP contribution in [-0.2, 0) is 0 Å². The summed E-state index contributed by atoms with van der Waals surface area (Å²) in [6, 6.07) is 3.70. The Morgan fingerprint density at radius 3 is 2.84 bits per heavy atom. The van der Waals surface area contributed by atoms with Crippen LogP contribution in [0.15, 0.2) is 29.5 Å². The summed E-state index contributed by atoms with van der Waals surface area (Å²) in [6.07, 6.45) is 3.14. The van der Waals surface area contributed by atoms with E-state index in [4.69, 9.17) is 0 Å². The van der Waals surface area contributed by atoms with Gasteiger partial charge in [-0.2, -0.15) is 5.21 Å². The molecule has 4 rings (SSSR count). The molecule has 0 aliphatic rings. The van der Waals surface area contributed by atoms with Crippen LogP contribution >= 0.6 is 0 Å². The number of benzene rings is 1. The molecule has 0 aliphatic heterocycles. The van der Waals surface area contributed by atoms with E-state index in [1.54, 1.807) is 12.5 Å². The van der Waals surface area contributed by atoms with Crippen LogP contribution < -0.4 is 5.43 Å². The van der Waals surface area contributed by atoms with Crippen LogP contribution in [0.5, 0.6) is 0 Å². The van der Waals surface area contributed by atoms with E-state index in [1.807, 2.05) is 12.1 Å². The molecule has 0 fully saturated rings. The third kappa shape index (κ3) is 1.30. The Kier molecular flexibility index (Phi) is 1.82. The van der Waals surface area contributed by atoms with Gasteiger partial charge in [0.1, 0.15) is 5.52 Å². The second kappa shape index (κ2) is 3.48. The van der Waals surface area contributed by atoms with Crippen LogP contribution in [0.3, 0.4) is 0 Å². The molecule has 0 radical (unpaired) electrons. The SMILES string of the molecule is O=c1c(-c2nn[nH]n2)c[nH]c2ccc3[nH]cnc3c12. The fourth-order valence-corrected chi connectivity index (χ4v) is 2.15. The van der Waals surface area contributed by atoms with Crippen molar-refractivity contribution in [3.8, 4) is 11.4 Å². The highest BCUT2D eigenvalue weighted by atomic mass is 16.1. The molecule has 19 heavy (non-hydrogen) atoms. The summed E-state index contributed by atoms with van der Waals surface area (Å²) in [5.74, 6) is 0.260. The number of pyridine rings is 1. The molecular formula is C11H7N7O. The van der Waals surface area contributed by atoms with E-state index in [9.17, 15) is 4.79 Å². The van der Waals surface area contributed by atoms with Gasteiger partial charge in [-0.25, -0.2) is 4.98 Å². The second-order valence-electron chi connectivity index (χ2n) is 4.05. The van der Waals surface area contributed by atoms with E-state index in [0.717, 1.165) is 11.0 Å². The smallest absolute Gasteiger partial charge is 0.210 e. The number of nitrogens with zero attached hydrogens (tertiary/aromatic N) is 4. The molecular weight excluding hydrogens is 246 g/mol. The Hall–Kier alpha value is -3.03. The van der Waals surface area contributed by atoms with Crippen LogP contribution in [0.2, 0.25) is 0 Å². The minimum Gasteiger partial charge on any atom is -0.360 e. The molecule has 92 valence electrons. The van der Waals surface area contributed by atoms with Gasteiger partial charge in [-0.3, -0.25) is 4.79 Å². The first-order chi connectivity index (χ1) is 9.34. The van der Waals surface area contributed by atoms with Crippen LogP contribution in [0.4, 0.5) is 0 Å². The molecule has 0 atom stereocenters. The van der Waals surface area contributed by atoms with Gasteiger partial charge in [-0.05, 0) is 17.3 Å². The highest BCUT2D eigenvalue weighted by Gasteiger charge is 2.14. The lowest BCUT2D eigenvalue weighted by Gasteiger charge is -2.00. The van der Waals surface area contributed by atoms with Crippen molar-refractivity contribution in [1.29, 1.82) is 0 Å². The topological polar surface area (TPSA) is 116 Å². The van der Waals surface area contributed by atoms with Crippen LogP contribution in [0, 0.1) is 0 Å².